The molecule has 0 fully saturated rings. The Morgan fingerprint density at radius 2 is 1.86 bits per heavy atom. The molecule has 1 aliphatic rings. The number of carbonyl (C=O) groups is 2. The van der Waals surface area contributed by atoms with Gasteiger partial charge in [0.2, 0.25) is 0 Å². The standard InChI is InChI=1S/C18H14ClNO2/c1-12(22)16-10-13-6-5-9-15(19)18(13)17(11-21)20(16)14-7-3-2-4-8-14/h2-11,17H,1H3. The smallest absolute Gasteiger partial charge is 0.176 e. The summed E-state index contributed by atoms with van der Waals surface area (Å²) in [5.41, 5.74) is 2.81. The molecule has 0 aromatic heterocycles. The molecule has 0 amide bonds. The molecule has 0 spiro atoms. The number of rotatable bonds is 3. The summed E-state index contributed by atoms with van der Waals surface area (Å²) in [6.45, 7) is 1.50. The van der Waals surface area contributed by atoms with E-state index in [0.717, 1.165) is 23.1 Å². The highest BCUT2D eigenvalue weighted by Gasteiger charge is 2.32. The first kappa shape index (κ1) is 14.5. The Labute approximate surface area is 133 Å². The van der Waals surface area contributed by atoms with Gasteiger partial charge in [-0.3, -0.25) is 4.79 Å². The van der Waals surface area contributed by atoms with E-state index in [0.29, 0.717) is 10.7 Å². The number of hydrogen-bond donors (Lipinski definition) is 0. The zero-order valence-corrected chi connectivity index (χ0v) is 12.7. The van der Waals surface area contributed by atoms with Crippen molar-refractivity contribution in [2.75, 3.05) is 4.90 Å². The number of nitrogens with zero attached hydrogens (tertiary/aromatic N) is 1. The maximum absolute atomic E-state index is 12.1. The Morgan fingerprint density at radius 3 is 2.50 bits per heavy atom. The van der Waals surface area contributed by atoms with Gasteiger partial charge in [0.25, 0.3) is 0 Å². The molecule has 0 saturated heterocycles. The Hall–Kier alpha value is -2.39. The molecular formula is C18H14ClNO2. The van der Waals surface area contributed by atoms with Crippen LogP contribution in [0.2, 0.25) is 5.02 Å². The summed E-state index contributed by atoms with van der Waals surface area (Å²) in [6.07, 6.45) is 2.62. The van der Waals surface area contributed by atoms with Crippen molar-refractivity contribution in [3.63, 3.8) is 0 Å². The maximum atomic E-state index is 12.1. The van der Waals surface area contributed by atoms with Crippen LogP contribution in [0, 0.1) is 0 Å². The van der Waals surface area contributed by atoms with Gasteiger partial charge in [0.1, 0.15) is 12.3 Å². The van der Waals surface area contributed by atoms with Crippen LogP contribution in [-0.2, 0) is 9.59 Å². The van der Waals surface area contributed by atoms with Gasteiger partial charge in [0.05, 0.1) is 5.70 Å². The van der Waals surface area contributed by atoms with Crippen LogP contribution in [0.15, 0.2) is 54.2 Å². The summed E-state index contributed by atoms with van der Waals surface area (Å²) in [7, 11) is 0. The molecule has 0 N–H and O–H groups in total. The van der Waals surface area contributed by atoms with E-state index in [4.69, 9.17) is 11.6 Å². The van der Waals surface area contributed by atoms with Crippen molar-refractivity contribution in [1.82, 2.24) is 0 Å². The maximum Gasteiger partial charge on any atom is 0.176 e. The number of para-hydroxylation sites is 1. The van der Waals surface area contributed by atoms with Crippen LogP contribution in [0.3, 0.4) is 0 Å². The lowest BCUT2D eigenvalue weighted by Gasteiger charge is -2.36. The number of benzene rings is 2. The molecule has 0 radical (unpaired) electrons. The second kappa shape index (κ2) is 5.78. The largest absolute Gasteiger partial charge is 0.324 e. The summed E-state index contributed by atoms with van der Waals surface area (Å²) in [5.74, 6) is -0.0960. The zero-order chi connectivity index (χ0) is 15.7. The third-order valence-electron chi connectivity index (χ3n) is 3.74. The number of anilines is 1. The monoisotopic (exact) mass is 311 g/mol. The Kier molecular flexibility index (Phi) is 3.82. The zero-order valence-electron chi connectivity index (χ0n) is 12.0. The molecule has 22 heavy (non-hydrogen) atoms. The van der Waals surface area contributed by atoms with Crippen molar-refractivity contribution in [2.24, 2.45) is 0 Å². The third-order valence-corrected chi connectivity index (χ3v) is 4.07. The molecule has 2 aromatic rings. The highest BCUT2D eigenvalue weighted by atomic mass is 35.5. The van der Waals surface area contributed by atoms with Crippen LogP contribution in [0.5, 0.6) is 0 Å². The Morgan fingerprint density at radius 1 is 1.14 bits per heavy atom. The Bertz CT molecular complexity index is 768. The average molecular weight is 312 g/mol. The molecule has 0 aliphatic carbocycles. The highest BCUT2D eigenvalue weighted by Crippen LogP contribution is 2.40. The number of aldehydes is 1. The first-order valence-corrected chi connectivity index (χ1v) is 7.32. The number of ketones is 1. The summed E-state index contributed by atoms with van der Waals surface area (Å²) in [4.78, 5) is 25.6. The van der Waals surface area contributed by atoms with Gasteiger partial charge in [-0.2, -0.15) is 0 Å². The molecular weight excluding hydrogens is 298 g/mol. The van der Waals surface area contributed by atoms with E-state index in [1.54, 1.807) is 17.0 Å². The minimum absolute atomic E-state index is 0.0960. The number of Topliss-reactive ketones (excluding diaryl/α,β-unsaturated/α-hetero) is 1. The van der Waals surface area contributed by atoms with Crippen LogP contribution in [0.1, 0.15) is 24.1 Å². The van der Waals surface area contributed by atoms with Crippen molar-refractivity contribution in [3.05, 3.63) is 70.4 Å². The van der Waals surface area contributed by atoms with Crippen molar-refractivity contribution < 1.29 is 9.59 Å². The van der Waals surface area contributed by atoms with Gasteiger partial charge in [-0.05, 0) is 29.8 Å². The van der Waals surface area contributed by atoms with Crippen molar-refractivity contribution in [3.8, 4) is 0 Å². The first-order valence-electron chi connectivity index (χ1n) is 6.94. The van der Waals surface area contributed by atoms with Crippen LogP contribution in [0.25, 0.3) is 6.08 Å². The van der Waals surface area contributed by atoms with Gasteiger partial charge in [0.15, 0.2) is 5.78 Å². The van der Waals surface area contributed by atoms with Gasteiger partial charge in [-0.15, -0.1) is 0 Å². The lowest BCUT2D eigenvalue weighted by molar-refractivity contribution is -0.113. The molecule has 1 unspecified atom stereocenters. The fourth-order valence-corrected chi connectivity index (χ4v) is 3.07. The third kappa shape index (κ3) is 2.34. The van der Waals surface area contributed by atoms with Crippen molar-refractivity contribution >= 4 is 35.4 Å². The minimum atomic E-state index is -0.616. The lowest BCUT2D eigenvalue weighted by Crippen LogP contribution is -2.35. The summed E-state index contributed by atoms with van der Waals surface area (Å²) < 4.78 is 0. The number of fused-ring (bicyclic) bond motifs is 1. The number of carbonyl (C=O) groups excluding carboxylic acids is 2. The van der Waals surface area contributed by atoms with Gasteiger partial charge in [-0.25, -0.2) is 0 Å². The first-order chi connectivity index (χ1) is 10.6. The van der Waals surface area contributed by atoms with Gasteiger partial charge < -0.3 is 9.69 Å². The van der Waals surface area contributed by atoms with Gasteiger partial charge in [0, 0.05) is 23.2 Å². The lowest BCUT2D eigenvalue weighted by atomic mass is 9.93. The van der Waals surface area contributed by atoms with Crippen molar-refractivity contribution in [2.45, 2.75) is 13.0 Å². The predicted molar refractivity (Wildman–Crippen MR) is 87.8 cm³/mol. The summed E-state index contributed by atoms with van der Waals surface area (Å²) >= 11 is 6.30. The quantitative estimate of drug-likeness (QED) is 0.803. The Balaban J connectivity index is 2.26. The molecule has 0 saturated carbocycles. The van der Waals surface area contributed by atoms with E-state index in [9.17, 15) is 9.59 Å². The van der Waals surface area contributed by atoms with E-state index in [-0.39, 0.29) is 5.78 Å². The second-order valence-corrected chi connectivity index (χ2v) is 5.52. The highest BCUT2D eigenvalue weighted by molar-refractivity contribution is 6.32. The summed E-state index contributed by atoms with van der Waals surface area (Å²) in [6, 6.07) is 14.2. The molecule has 4 heteroatoms. The number of allylic oxidation sites excluding steroid dienone is 1. The van der Waals surface area contributed by atoms with Gasteiger partial charge >= 0.3 is 0 Å². The SMILES string of the molecule is CC(=O)C1=Cc2cccc(Cl)c2C(C=O)N1c1ccccc1. The molecule has 3 nitrogen and oxygen atoms in total. The van der Waals surface area contributed by atoms with Gasteiger partial charge in [-0.1, -0.05) is 41.9 Å². The molecule has 1 heterocycles. The fourth-order valence-electron chi connectivity index (χ4n) is 2.78. The number of hydrogen-bond acceptors (Lipinski definition) is 3. The fraction of sp³-hybridized carbons (Fsp3) is 0.111. The topological polar surface area (TPSA) is 37.4 Å². The molecule has 1 aliphatic heterocycles. The van der Waals surface area contributed by atoms with Crippen LogP contribution in [-0.4, -0.2) is 12.1 Å². The molecule has 2 aromatic carbocycles. The normalized spacial score (nSPS) is 16.7. The predicted octanol–water partition coefficient (Wildman–Crippen LogP) is 4.03. The average Bonchev–Trinajstić information content (AvgIpc) is 2.54. The van der Waals surface area contributed by atoms with Crippen LogP contribution in [0.4, 0.5) is 5.69 Å². The van der Waals surface area contributed by atoms with Crippen LogP contribution >= 0.6 is 11.6 Å². The molecule has 3 rings (SSSR count). The van der Waals surface area contributed by atoms with Crippen molar-refractivity contribution in [1.29, 1.82) is 0 Å². The van der Waals surface area contributed by atoms with E-state index in [2.05, 4.69) is 0 Å². The van der Waals surface area contributed by atoms with E-state index >= 15 is 0 Å². The van der Waals surface area contributed by atoms with E-state index < -0.39 is 6.04 Å². The van der Waals surface area contributed by atoms with Crippen LogP contribution < -0.4 is 4.90 Å². The molecule has 1 atom stereocenters. The summed E-state index contributed by atoms with van der Waals surface area (Å²) in [5, 5.41) is 0.523. The minimum Gasteiger partial charge on any atom is -0.324 e. The molecule has 110 valence electrons. The number of halogens is 1. The van der Waals surface area contributed by atoms with E-state index in [1.165, 1.54) is 6.92 Å². The van der Waals surface area contributed by atoms with E-state index in [1.807, 2.05) is 42.5 Å². The molecule has 0 bridgehead atoms. The second-order valence-electron chi connectivity index (χ2n) is 5.11.